The molecule has 0 bridgehead atoms. The lowest BCUT2D eigenvalue weighted by Gasteiger charge is -2.33. The molecule has 0 aliphatic heterocycles. The number of esters is 1. The smallest absolute Gasteiger partial charge is 0.308 e. The van der Waals surface area contributed by atoms with Crippen molar-refractivity contribution >= 4 is 11.8 Å². The molecule has 0 heterocycles. The third kappa shape index (κ3) is 5.42. The van der Waals surface area contributed by atoms with Crippen LogP contribution >= 0.6 is 0 Å². The van der Waals surface area contributed by atoms with Crippen molar-refractivity contribution in [3.63, 3.8) is 0 Å². The minimum Gasteiger partial charge on any atom is -0.469 e. The Morgan fingerprint density at radius 2 is 1.71 bits per heavy atom. The predicted molar refractivity (Wildman–Crippen MR) is 81.9 cm³/mol. The third-order valence-electron chi connectivity index (χ3n) is 4.46. The Kier molecular flexibility index (Phi) is 6.39. The first-order chi connectivity index (χ1) is 9.69. The summed E-state index contributed by atoms with van der Waals surface area (Å²) in [6.07, 6.45) is 6.98. The van der Waals surface area contributed by atoms with E-state index in [4.69, 9.17) is 0 Å². The highest BCUT2D eigenvalue weighted by Crippen LogP contribution is 2.34. The number of ether oxygens (including phenoxy) is 1. The Hall–Kier alpha value is -0.900. The van der Waals surface area contributed by atoms with Crippen molar-refractivity contribution in [3.8, 4) is 0 Å². The molecule has 122 valence electrons. The number of rotatable bonds is 6. The van der Waals surface area contributed by atoms with Gasteiger partial charge in [0.2, 0.25) is 0 Å². The van der Waals surface area contributed by atoms with Crippen LogP contribution in [-0.2, 0) is 14.3 Å². The van der Waals surface area contributed by atoms with E-state index in [9.17, 15) is 14.7 Å². The lowest BCUT2D eigenvalue weighted by Crippen LogP contribution is -2.47. The van der Waals surface area contributed by atoms with E-state index in [0.717, 1.165) is 19.3 Å². The molecule has 1 aliphatic carbocycles. The van der Waals surface area contributed by atoms with Crippen LogP contribution in [-0.4, -0.2) is 29.6 Å². The van der Waals surface area contributed by atoms with Crippen molar-refractivity contribution in [2.45, 2.75) is 77.7 Å². The molecule has 4 heteroatoms. The highest BCUT2D eigenvalue weighted by atomic mass is 16.5. The van der Waals surface area contributed by atoms with Crippen molar-refractivity contribution < 1.29 is 19.4 Å². The molecule has 0 spiro atoms. The molecule has 0 aromatic rings. The minimum atomic E-state index is -1.59. The number of Topliss-reactive ketones (excluding diaryl/α,β-unsaturated/α-hetero) is 1. The highest BCUT2D eigenvalue weighted by Gasteiger charge is 2.44. The molecule has 1 unspecified atom stereocenters. The number of methoxy groups -OCH3 is 1. The van der Waals surface area contributed by atoms with Gasteiger partial charge in [-0.1, -0.05) is 52.9 Å². The first kappa shape index (κ1) is 18.1. The van der Waals surface area contributed by atoms with Gasteiger partial charge in [0.25, 0.3) is 0 Å². The van der Waals surface area contributed by atoms with Gasteiger partial charge >= 0.3 is 5.97 Å². The van der Waals surface area contributed by atoms with Crippen LogP contribution in [0, 0.1) is 11.3 Å². The van der Waals surface area contributed by atoms with Crippen LogP contribution in [0.15, 0.2) is 0 Å². The van der Waals surface area contributed by atoms with Crippen LogP contribution in [0.5, 0.6) is 0 Å². The van der Waals surface area contributed by atoms with Gasteiger partial charge in [0.05, 0.1) is 13.5 Å². The molecular formula is C17H30O4. The zero-order chi connectivity index (χ0) is 16.1. The Morgan fingerprint density at radius 1 is 1.14 bits per heavy atom. The molecule has 0 aromatic heterocycles. The van der Waals surface area contributed by atoms with Gasteiger partial charge in [-0.25, -0.2) is 0 Å². The van der Waals surface area contributed by atoms with Gasteiger partial charge in [-0.15, -0.1) is 0 Å². The maximum absolute atomic E-state index is 12.6. The molecule has 1 fully saturated rings. The highest BCUT2D eigenvalue weighted by molar-refractivity contribution is 5.94. The lowest BCUT2D eigenvalue weighted by molar-refractivity contribution is -0.158. The Morgan fingerprint density at radius 3 is 2.19 bits per heavy atom. The van der Waals surface area contributed by atoms with Crippen LogP contribution in [0.4, 0.5) is 0 Å². The zero-order valence-corrected chi connectivity index (χ0v) is 13.9. The molecule has 0 saturated heterocycles. The molecule has 1 saturated carbocycles. The number of carbonyl (C=O) groups excluding carboxylic acids is 2. The van der Waals surface area contributed by atoms with Crippen molar-refractivity contribution in [1.29, 1.82) is 0 Å². The number of carbonyl (C=O) groups is 2. The molecule has 21 heavy (non-hydrogen) atoms. The summed E-state index contributed by atoms with van der Waals surface area (Å²) < 4.78 is 4.65. The molecular weight excluding hydrogens is 268 g/mol. The van der Waals surface area contributed by atoms with Gasteiger partial charge in [0.1, 0.15) is 5.60 Å². The summed E-state index contributed by atoms with van der Waals surface area (Å²) in [6, 6.07) is 0. The van der Waals surface area contributed by atoms with E-state index in [1.807, 2.05) is 0 Å². The van der Waals surface area contributed by atoms with E-state index >= 15 is 0 Å². The standard InChI is InChI=1S/C17H30O4/c1-16(2,3)15(19)17(20,12-14(18)21-4)11-10-13-8-6-5-7-9-13/h13,20H,5-12H2,1-4H3. The number of ketones is 1. The monoisotopic (exact) mass is 298 g/mol. The van der Waals surface area contributed by atoms with Crippen molar-refractivity contribution in [1.82, 2.24) is 0 Å². The average Bonchev–Trinajstić information content (AvgIpc) is 2.44. The number of hydrogen-bond acceptors (Lipinski definition) is 4. The minimum absolute atomic E-state index is 0.244. The van der Waals surface area contributed by atoms with Gasteiger partial charge in [-0.05, 0) is 18.8 Å². The first-order valence-electron chi connectivity index (χ1n) is 8.03. The van der Waals surface area contributed by atoms with Gasteiger partial charge in [-0.3, -0.25) is 9.59 Å². The van der Waals surface area contributed by atoms with Crippen LogP contribution in [0.2, 0.25) is 0 Å². The van der Waals surface area contributed by atoms with E-state index in [-0.39, 0.29) is 12.2 Å². The first-order valence-corrected chi connectivity index (χ1v) is 8.03. The SMILES string of the molecule is COC(=O)CC(O)(CCC1CCCCC1)C(=O)C(C)(C)C. The lowest BCUT2D eigenvalue weighted by atomic mass is 9.74. The van der Waals surface area contributed by atoms with Crippen molar-refractivity contribution in [2.75, 3.05) is 7.11 Å². The largest absolute Gasteiger partial charge is 0.469 e. The predicted octanol–water partition coefficient (Wildman–Crippen LogP) is 3.26. The molecule has 1 rings (SSSR count). The molecule has 0 aromatic carbocycles. The van der Waals surface area contributed by atoms with E-state index in [1.165, 1.54) is 26.4 Å². The van der Waals surface area contributed by atoms with Gasteiger partial charge in [0.15, 0.2) is 5.78 Å². The van der Waals surface area contributed by atoms with E-state index in [1.54, 1.807) is 20.8 Å². The van der Waals surface area contributed by atoms with Crippen LogP contribution in [0.25, 0.3) is 0 Å². The maximum Gasteiger partial charge on any atom is 0.308 e. The molecule has 1 N–H and O–H groups in total. The van der Waals surface area contributed by atoms with E-state index < -0.39 is 17.0 Å². The molecule has 1 atom stereocenters. The third-order valence-corrected chi connectivity index (χ3v) is 4.46. The summed E-state index contributed by atoms with van der Waals surface area (Å²) in [5, 5.41) is 10.8. The Balaban J connectivity index is 2.75. The van der Waals surface area contributed by atoms with E-state index in [0.29, 0.717) is 12.3 Å². The van der Waals surface area contributed by atoms with Gasteiger partial charge in [0, 0.05) is 5.41 Å². The summed E-state index contributed by atoms with van der Waals surface area (Å²) in [4.78, 5) is 24.1. The second-order valence-electron chi connectivity index (χ2n) is 7.41. The van der Waals surface area contributed by atoms with E-state index in [2.05, 4.69) is 4.74 Å². The fourth-order valence-electron chi connectivity index (χ4n) is 3.21. The molecule has 1 aliphatic rings. The zero-order valence-electron chi connectivity index (χ0n) is 13.9. The van der Waals surface area contributed by atoms with Crippen molar-refractivity contribution in [2.24, 2.45) is 11.3 Å². The molecule has 0 radical (unpaired) electrons. The summed E-state index contributed by atoms with van der Waals surface area (Å²) in [5.41, 5.74) is -2.27. The fourth-order valence-corrected chi connectivity index (χ4v) is 3.21. The molecule has 4 nitrogen and oxygen atoms in total. The summed E-state index contributed by atoms with van der Waals surface area (Å²) in [5.74, 6) is -0.231. The van der Waals surface area contributed by atoms with Gasteiger partial charge < -0.3 is 9.84 Å². The number of hydrogen-bond donors (Lipinski definition) is 1. The number of aliphatic hydroxyl groups is 1. The second-order valence-corrected chi connectivity index (χ2v) is 7.41. The van der Waals surface area contributed by atoms with Crippen LogP contribution in [0.3, 0.4) is 0 Å². The second kappa shape index (κ2) is 7.39. The van der Waals surface area contributed by atoms with Crippen molar-refractivity contribution in [3.05, 3.63) is 0 Å². The van der Waals surface area contributed by atoms with Crippen LogP contribution in [0.1, 0.15) is 72.1 Å². The average molecular weight is 298 g/mol. The fraction of sp³-hybridized carbons (Fsp3) is 0.882. The topological polar surface area (TPSA) is 63.6 Å². The summed E-state index contributed by atoms with van der Waals surface area (Å²) in [6.45, 7) is 5.33. The quantitative estimate of drug-likeness (QED) is 0.764. The normalized spacial score (nSPS) is 19.9. The van der Waals surface area contributed by atoms with Gasteiger partial charge in [-0.2, -0.15) is 0 Å². The summed E-state index contributed by atoms with van der Waals surface area (Å²) >= 11 is 0. The Bertz CT molecular complexity index is 363. The maximum atomic E-state index is 12.6. The summed E-state index contributed by atoms with van der Waals surface area (Å²) in [7, 11) is 1.28. The molecule has 0 amide bonds. The van der Waals surface area contributed by atoms with Crippen LogP contribution < -0.4 is 0 Å². The Labute approximate surface area is 128 Å².